The zero-order valence-electron chi connectivity index (χ0n) is 12.6. The molecule has 0 aliphatic carbocycles. The van der Waals surface area contributed by atoms with E-state index < -0.39 is 11.5 Å². The lowest BCUT2D eigenvalue weighted by atomic mass is 9.91. The summed E-state index contributed by atoms with van der Waals surface area (Å²) < 4.78 is 0. The molecule has 0 spiro atoms. The fourth-order valence-corrected chi connectivity index (χ4v) is 2.62. The Labute approximate surface area is 116 Å². The van der Waals surface area contributed by atoms with Crippen molar-refractivity contribution in [3.8, 4) is 0 Å². The third-order valence-corrected chi connectivity index (χ3v) is 4.06. The van der Waals surface area contributed by atoms with Crippen molar-refractivity contribution in [2.45, 2.75) is 59.5 Å². The van der Waals surface area contributed by atoms with Gasteiger partial charge in [0.15, 0.2) is 0 Å². The minimum absolute atomic E-state index is 0.586. The van der Waals surface area contributed by atoms with Gasteiger partial charge < -0.3 is 5.11 Å². The average molecular weight is 263 g/mol. The normalized spacial score (nSPS) is 11.6. The largest absolute Gasteiger partial charge is 0.480 e. The van der Waals surface area contributed by atoms with E-state index >= 15 is 0 Å². The van der Waals surface area contributed by atoms with E-state index in [4.69, 9.17) is 0 Å². The van der Waals surface area contributed by atoms with Crippen LogP contribution in [0.1, 0.15) is 48.9 Å². The van der Waals surface area contributed by atoms with Gasteiger partial charge in [0.2, 0.25) is 0 Å². The van der Waals surface area contributed by atoms with Crippen LogP contribution in [0.4, 0.5) is 0 Å². The van der Waals surface area contributed by atoms with Crippen LogP contribution in [0.25, 0.3) is 0 Å². The summed E-state index contributed by atoms with van der Waals surface area (Å²) in [6, 6.07) is 4.29. The third-order valence-electron chi connectivity index (χ3n) is 4.06. The molecule has 0 fully saturated rings. The molecule has 0 saturated carbocycles. The fraction of sp³-hybridized carbons (Fsp3) is 0.562. The quantitative estimate of drug-likeness (QED) is 0.827. The Kier molecular flexibility index (Phi) is 5.12. The molecule has 3 heteroatoms. The number of carbonyl (C=O) groups is 1. The first kappa shape index (κ1) is 15.7. The molecular weight excluding hydrogens is 238 g/mol. The van der Waals surface area contributed by atoms with Crippen molar-refractivity contribution in [1.82, 2.24) is 5.32 Å². The molecule has 2 N–H and O–H groups in total. The monoisotopic (exact) mass is 263 g/mol. The van der Waals surface area contributed by atoms with Gasteiger partial charge in [0, 0.05) is 6.54 Å². The summed E-state index contributed by atoms with van der Waals surface area (Å²) in [5.74, 6) is -0.764. The van der Waals surface area contributed by atoms with Crippen LogP contribution in [0.2, 0.25) is 0 Å². The number of benzene rings is 1. The highest BCUT2D eigenvalue weighted by Gasteiger charge is 2.34. The highest BCUT2D eigenvalue weighted by atomic mass is 16.4. The maximum absolute atomic E-state index is 11.5. The molecule has 0 bridgehead atoms. The average Bonchev–Trinajstić information content (AvgIpc) is 2.32. The molecule has 3 nitrogen and oxygen atoms in total. The van der Waals surface area contributed by atoms with Crippen molar-refractivity contribution >= 4 is 5.97 Å². The van der Waals surface area contributed by atoms with E-state index in [1.807, 2.05) is 13.8 Å². The summed E-state index contributed by atoms with van der Waals surface area (Å²) in [6.07, 6.45) is 1.17. The van der Waals surface area contributed by atoms with Gasteiger partial charge in [0.25, 0.3) is 0 Å². The number of carboxylic acids is 1. The van der Waals surface area contributed by atoms with Crippen molar-refractivity contribution < 1.29 is 9.90 Å². The molecule has 0 aromatic heterocycles. The Balaban J connectivity index is 2.95. The third kappa shape index (κ3) is 3.35. The predicted octanol–water partition coefficient (Wildman–Crippen LogP) is 3.34. The maximum atomic E-state index is 11.5. The van der Waals surface area contributed by atoms with Crippen molar-refractivity contribution in [2.75, 3.05) is 0 Å². The van der Waals surface area contributed by atoms with Gasteiger partial charge in [-0.05, 0) is 50.3 Å². The van der Waals surface area contributed by atoms with E-state index in [0.717, 1.165) is 0 Å². The van der Waals surface area contributed by atoms with Gasteiger partial charge in [0.05, 0.1) is 0 Å². The van der Waals surface area contributed by atoms with Crippen LogP contribution in [-0.2, 0) is 11.3 Å². The standard InChI is InChI=1S/C16H25NO2/c1-6-16(7-2,15(18)19)17-10-14-12(4)8-11(3)9-13(14)5/h8-9,17H,6-7,10H2,1-5H3,(H,18,19). The molecule has 19 heavy (non-hydrogen) atoms. The lowest BCUT2D eigenvalue weighted by Gasteiger charge is -2.29. The number of hydrogen-bond donors (Lipinski definition) is 2. The summed E-state index contributed by atoms with van der Waals surface area (Å²) in [4.78, 5) is 11.5. The van der Waals surface area contributed by atoms with E-state index in [0.29, 0.717) is 19.4 Å². The first-order chi connectivity index (χ1) is 8.86. The number of aryl methyl sites for hydroxylation is 3. The topological polar surface area (TPSA) is 49.3 Å². The molecule has 0 aliphatic heterocycles. The fourth-order valence-electron chi connectivity index (χ4n) is 2.62. The summed E-state index contributed by atoms with van der Waals surface area (Å²) >= 11 is 0. The van der Waals surface area contributed by atoms with Crippen LogP contribution in [0, 0.1) is 20.8 Å². The maximum Gasteiger partial charge on any atom is 0.323 e. The van der Waals surface area contributed by atoms with Gasteiger partial charge in [-0.2, -0.15) is 0 Å². The van der Waals surface area contributed by atoms with Crippen LogP contribution in [0.15, 0.2) is 12.1 Å². The van der Waals surface area contributed by atoms with E-state index in [1.54, 1.807) is 0 Å². The summed E-state index contributed by atoms with van der Waals surface area (Å²) in [5, 5.41) is 12.7. The number of carboxylic acid groups (broad SMARTS) is 1. The van der Waals surface area contributed by atoms with Crippen LogP contribution in [-0.4, -0.2) is 16.6 Å². The van der Waals surface area contributed by atoms with Gasteiger partial charge in [0.1, 0.15) is 5.54 Å². The molecule has 1 aromatic rings. The number of rotatable bonds is 6. The van der Waals surface area contributed by atoms with Gasteiger partial charge in [-0.25, -0.2) is 0 Å². The van der Waals surface area contributed by atoms with Crippen LogP contribution in [0.5, 0.6) is 0 Å². The molecule has 0 radical (unpaired) electrons. The summed E-state index contributed by atoms with van der Waals surface area (Å²) in [6.45, 7) is 10.7. The molecule has 0 amide bonds. The Morgan fingerprint density at radius 3 is 2.00 bits per heavy atom. The zero-order chi connectivity index (χ0) is 14.6. The molecule has 106 valence electrons. The minimum atomic E-state index is -0.816. The van der Waals surface area contributed by atoms with Crippen LogP contribution >= 0.6 is 0 Å². The summed E-state index contributed by atoms with van der Waals surface area (Å²) in [7, 11) is 0. The van der Waals surface area contributed by atoms with Gasteiger partial charge in [-0.15, -0.1) is 0 Å². The molecule has 0 atom stereocenters. The Morgan fingerprint density at radius 1 is 1.16 bits per heavy atom. The van der Waals surface area contributed by atoms with Crippen molar-refractivity contribution in [1.29, 1.82) is 0 Å². The van der Waals surface area contributed by atoms with Crippen molar-refractivity contribution in [3.05, 3.63) is 34.4 Å². The molecule has 0 aliphatic rings. The number of aliphatic carboxylic acids is 1. The van der Waals surface area contributed by atoms with E-state index in [9.17, 15) is 9.90 Å². The van der Waals surface area contributed by atoms with Crippen LogP contribution in [0.3, 0.4) is 0 Å². The summed E-state index contributed by atoms with van der Waals surface area (Å²) in [5.41, 5.74) is 4.07. The highest BCUT2D eigenvalue weighted by molar-refractivity contribution is 5.78. The Bertz CT molecular complexity index is 439. The van der Waals surface area contributed by atoms with Crippen molar-refractivity contribution in [2.24, 2.45) is 0 Å². The number of nitrogens with one attached hydrogen (secondary N) is 1. The molecule has 0 unspecified atom stereocenters. The molecular formula is C16H25NO2. The molecule has 1 rings (SSSR count). The SMILES string of the molecule is CCC(CC)(NCc1c(C)cc(C)cc1C)C(=O)O. The highest BCUT2D eigenvalue weighted by Crippen LogP contribution is 2.20. The van der Waals surface area contributed by atoms with Gasteiger partial charge in [-0.1, -0.05) is 31.5 Å². The van der Waals surface area contributed by atoms with Crippen molar-refractivity contribution in [3.63, 3.8) is 0 Å². The molecule has 0 heterocycles. The lowest BCUT2D eigenvalue weighted by molar-refractivity contribution is -0.145. The Hall–Kier alpha value is -1.35. The molecule has 0 saturated heterocycles. The first-order valence-electron chi connectivity index (χ1n) is 6.91. The number of hydrogen-bond acceptors (Lipinski definition) is 2. The minimum Gasteiger partial charge on any atom is -0.480 e. The lowest BCUT2D eigenvalue weighted by Crippen LogP contribution is -2.50. The zero-order valence-corrected chi connectivity index (χ0v) is 12.6. The van der Waals surface area contributed by atoms with E-state index in [1.165, 1.54) is 22.3 Å². The predicted molar refractivity (Wildman–Crippen MR) is 78.4 cm³/mol. The van der Waals surface area contributed by atoms with Gasteiger partial charge in [-0.3, -0.25) is 10.1 Å². The second-order valence-electron chi connectivity index (χ2n) is 5.33. The van der Waals surface area contributed by atoms with Gasteiger partial charge >= 0.3 is 5.97 Å². The van der Waals surface area contributed by atoms with Crippen LogP contribution < -0.4 is 5.32 Å². The van der Waals surface area contributed by atoms with E-state index in [2.05, 4.69) is 38.2 Å². The molecule has 1 aromatic carbocycles. The Morgan fingerprint density at radius 2 is 1.63 bits per heavy atom. The first-order valence-corrected chi connectivity index (χ1v) is 6.91. The second-order valence-corrected chi connectivity index (χ2v) is 5.33. The van der Waals surface area contributed by atoms with E-state index in [-0.39, 0.29) is 0 Å². The smallest absolute Gasteiger partial charge is 0.323 e. The second kappa shape index (κ2) is 6.20.